The Morgan fingerprint density at radius 3 is 2.62 bits per heavy atom. The zero-order valence-electron chi connectivity index (χ0n) is 8.56. The maximum absolute atomic E-state index is 11.1. The fourth-order valence-corrected chi connectivity index (χ4v) is 1.12. The summed E-state index contributed by atoms with van der Waals surface area (Å²) in [6, 6.07) is 3.76. The molecule has 16 heavy (non-hydrogen) atoms. The molecule has 1 aromatic carbocycles. The summed E-state index contributed by atoms with van der Waals surface area (Å²) in [6.07, 6.45) is 0. The Bertz CT molecular complexity index is 416. The Morgan fingerprint density at radius 2 is 2.12 bits per heavy atom. The van der Waals surface area contributed by atoms with E-state index in [4.69, 9.17) is 5.11 Å². The lowest BCUT2D eigenvalue weighted by Crippen LogP contribution is -2.17. The van der Waals surface area contributed by atoms with Crippen molar-refractivity contribution in [3.8, 4) is 5.75 Å². The average Bonchev–Trinajstić information content (AvgIpc) is 2.17. The molecule has 0 atom stereocenters. The van der Waals surface area contributed by atoms with Gasteiger partial charge in [-0.1, -0.05) is 0 Å². The molecule has 0 aliphatic heterocycles. The van der Waals surface area contributed by atoms with E-state index < -0.39 is 11.7 Å². The molecular formula is C10H11NO5. The van der Waals surface area contributed by atoms with Gasteiger partial charge in [-0.3, -0.25) is 4.79 Å². The van der Waals surface area contributed by atoms with Crippen molar-refractivity contribution in [2.24, 2.45) is 0 Å². The molecule has 0 saturated carbocycles. The fourth-order valence-electron chi connectivity index (χ4n) is 1.12. The summed E-state index contributed by atoms with van der Waals surface area (Å²) in [5, 5.41) is 20.4. The first kappa shape index (κ1) is 12.0. The third kappa shape index (κ3) is 2.96. The van der Waals surface area contributed by atoms with Gasteiger partial charge in [0, 0.05) is 18.9 Å². The van der Waals surface area contributed by atoms with Crippen LogP contribution in [0, 0.1) is 0 Å². The van der Waals surface area contributed by atoms with Gasteiger partial charge in [0.05, 0.1) is 0 Å². The summed E-state index contributed by atoms with van der Waals surface area (Å²) in [5.41, 5.74) is 0.0919. The number of carboxylic acid groups (broad SMARTS) is 1. The van der Waals surface area contributed by atoms with Gasteiger partial charge in [0.2, 0.25) is 5.91 Å². The number of methoxy groups -OCH3 is 1. The average molecular weight is 225 g/mol. The molecule has 6 heteroatoms. The number of aromatic hydroxyl groups is 1. The quantitative estimate of drug-likeness (QED) is 0.700. The van der Waals surface area contributed by atoms with Crippen molar-refractivity contribution in [3.63, 3.8) is 0 Å². The molecule has 86 valence electrons. The highest BCUT2D eigenvalue weighted by Crippen LogP contribution is 2.21. The first-order valence-electron chi connectivity index (χ1n) is 4.39. The fraction of sp³-hybridized carbons (Fsp3) is 0.200. The van der Waals surface area contributed by atoms with Gasteiger partial charge in [-0.15, -0.1) is 0 Å². The molecule has 0 aliphatic carbocycles. The van der Waals surface area contributed by atoms with E-state index >= 15 is 0 Å². The zero-order valence-corrected chi connectivity index (χ0v) is 8.56. The van der Waals surface area contributed by atoms with E-state index in [1.807, 2.05) is 0 Å². The molecule has 0 spiro atoms. The summed E-state index contributed by atoms with van der Waals surface area (Å²) in [4.78, 5) is 21.7. The lowest BCUT2D eigenvalue weighted by Gasteiger charge is -2.06. The minimum atomic E-state index is -1.23. The van der Waals surface area contributed by atoms with E-state index in [2.05, 4.69) is 10.1 Å². The molecule has 6 nitrogen and oxygen atoms in total. The summed E-state index contributed by atoms with van der Waals surface area (Å²) >= 11 is 0. The summed E-state index contributed by atoms with van der Waals surface area (Å²) in [7, 11) is 1.38. The molecule has 1 amide bonds. The maximum Gasteiger partial charge on any atom is 0.339 e. The zero-order chi connectivity index (χ0) is 12.1. The number of benzene rings is 1. The lowest BCUT2D eigenvalue weighted by molar-refractivity contribution is -0.119. The molecule has 1 aromatic rings. The van der Waals surface area contributed by atoms with Crippen molar-refractivity contribution >= 4 is 17.6 Å². The van der Waals surface area contributed by atoms with Crippen molar-refractivity contribution in [2.45, 2.75) is 0 Å². The van der Waals surface area contributed by atoms with Crippen LogP contribution in [0.25, 0.3) is 0 Å². The molecule has 0 aromatic heterocycles. The van der Waals surface area contributed by atoms with Crippen LogP contribution in [0.3, 0.4) is 0 Å². The summed E-state index contributed by atoms with van der Waals surface area (Å²) < 4.78 is 4.60. The third-order valence-electron chi connectivity index (χ3n) is 1.79. The van der Waals surface area contributed by atoms with Crippen molar-refractivity contribution < 1.29 is 24.5 Å². The molecule has 0 heterocycles. The van der Waals surface area contributed by atoms with Crippen LogP contribution < -0.4 is 5.32 Å². The topological polar surface area (TPSA) is 95.9 Å². The number of aromatic carboxylic acids is 1. The van der Waals surface area contributed by atoms with Crippen LogP contribution in [0.4, 0.5) is 5.69 Å². The number of rotatable bonds is 4. The number of phenols is 1. The normalized spacial score (nSPS) is 9.81. The molecule has 1 rings (SSSR count). The number of carboxylic acids is 1. The van der Waals surface area contributed by atoms with E-state index in [9.17, 15) is 14.7 Å². The Labute approximate surface area is 91.5 Å². The van der Waals surface area contributed by atoms with Gasteiger partial charge in [-0.05, 0) is 12.1 Å². The van der Waals surface area contributed by atoms with Crippen LogP contribution >= 0.6 is 0 Å². The molecule has 0 radical (unpaired) electrons. The highest BCUT2D eigenvalue weighted by atomic mass is 16.5. The SMILES string of the molecule is COCC(=O)Nc1ccc(C(=O)O)c(O)c1. The van der Waals surface area contributed by atoms with Crippen LogP contribution in [0.2, 0.25) is 0 Å². The van der Waals surface area contributed by atoms with Gasteiger partial charge in [0.15, 0.2) is 0 Å². The second-order valence-corrected chi connectivity index (χ2v) is 3.02. The second-order valence-electron chi connectivity index (χ2n) is 3.02. The monoisotopic (exact) mass is 225 g/mol. The number of amides is 1. The summed E-state index contributed by atoms with van der Waals surface area (Å²) in [6.45, 7) is -0.110. The predicted octanol–water partition coefficient (Wildman–Crippen LogP) is 0.675. The highest BCUT2D eigenvalue weighted by molar-refractivity contribution is 5.94. The Balaban J connectivity index is 2.81. The van der Waals surface area contributed by atoms with E-state index in [1.54, 1.807) is 0 Å². The Kier molecular flexibility index (Phi) is 3.84. The molecule has 0 fully saturated rings. The maximum atomic E-state index is 11.1. The van der Waals surface area contributed by atoms with E-state index in [0.717, 1.165) is 6.07 Å². The first-order chi connectivity index (χ1) is 7.54. The molecule has 0 unspecified atom stereocenters. The van der Waals surface area contributed by atoms with E-state index in [-0.39, 0.29) is 18.1 Å². The number of hydrogen-bond acceptors (Lipinski definition) is 4. The number of carbonyl (C=O) groups excluding carboxylic acids is 1. The van der Waals surface area contributed by atoms with Crippen molar-refractivity contribution in [3.05, 3.63) is 23.8 Å². The van der Waals surface area contributed by atoms with Gasteiger partial charge in [-0.25, -0.2) is 4.79 Å². The second kappa shape index (κ2) is 5.13. The first-order valence-corrected chi connectivity index (χ1v) is 4.39. The van der Waals surface area contributed by atoms with Crippen LogP contribution in [0.15, 0.2) is 18.2 Å². The number of anilines is 1. The number of carbonyl (C=O) groups is 2. The molecule has 0 bridgehead atoms. The van der Waals surface area contributed by atoms with Gasteiger partial charge in [0.1, 0.15) is 17.9 Å². The third-order valence-corrected chi connectivity index (χ3v) is 1.79. The molecule has 0 aliphatic rings. The number of hydrogen-bond donors (Lipinski definition) is 3. The molecule has 3 N–H and O–H groups in total. The van der Waals surface area contributed by atoms with Crippen LogP contribution in [0.1, 0.15) is 10.4 Å². The van der Waals surface area contributed by atoms with Crippen molar-refractivity contribution in [1.29, 1.82) is 0 Å². The van der Waals surface area contributed by atoms with Gasteiger partial charge < -0.3 is 20.3 Å². The molecule has 0 saturated heterocycles. The van der Waals surface area contributed by atoms with Gasteiger partial charge in [0.25, 0.3) is 0 Å². The van der Waals surface area contributed by atoms with Crippen LogP contribution in [-0.2, 0) is 9.53 Å². The Morgan fingerprint density at radius 1 is 1.44 bits per heavy atom. The standard InChI is InChI=1S/C10H11NO5/c1-16-5-9(13)11-6-2-3-7(10(14)15)8(12)4-6/h2-4,12H,5H2,1H3,(H,11,13)(H,14,15). The van der Waals surface area contributed by atoms with Gasteiger partial charge >= 0.3 is 5.97 Å². The van der Waals surface area contributed by atoms with E-state index in [1.165, 1.54) is 19.2 Å². The largest absolute Gasteiger partial charge is 0.507 e. The predicted molar refractivity (Wildman–Crippen MR) is 55.6 cm³/mol. The summed E-state index contributed by atoms with van der Waals surface area (Å²) in [5.74, 6) is -2.01. The number of nitrogens with one attached hydrogen (secondary N) is 1. The smallest absolute Gasteiger partial charge is 0.339 e. The lowest BCUT2D eigenvalue weighted by atomic mass is 10.2. The van der Waals surface area contributed by atoms with Gasteiger partial charge in [-0.2, -0.15) is 0 Å². The van der Waals surface area contributed by atoms with Crippen LogP contribution in [0.5, 0.6) is 5.75 Å². The molecular weight excluding hydrogens is 214 g/mol. The van der Waals surface area contributed by atoms with Crippen molar-refractivity contribution in [1.82, 2.24) is 0 Å². The van der Waals surface area contributed by atoms with Crippen LogP contribution in [-0.4, -0.2) is 35.8 Å². The number of ether oxygens (including phenoxy) is 1. The van der Waals surface area contributed by atoms with E-state index in [0.29, 0.717) is 5.69 Å². The highest BCUT2D eigenvalue weighted by Gasteiger charge is 2.10. The minimum Gasteiger partial charge on any atom is -0.507 e. The Hall–Kier alpha value is -2.08. The van der Waals surface area contributed by atoms with Crippen molar-refractivity contribution in [2.75, 3.05) is 19.0 Å². The minimum absolute atomic E-state index is 0.110.